The molecule has 1 aromatic heterocycles. The first-order valence-corrected chi connectivity index (χ1v) is 7.70. The zero-order valence-corrected chi connectivity index (χ0v) is 12.4. The van der Waals surface area contributed by atoms with Gasteiger partial charge in [-0.1, -0.05) is 17.7 Å². The highest BCUT2D eigenvalue weighted by Gasteiger charge is 2.16. The molecule has 0 aliphatic rings. The van der Waals surface area contributed by atoms with Crippen molar-refractivity contribution >= 4 is 27.3 Å². The molecule has 0 saturated heterocycles. The Bertz CT molecular complexity index is 695. The molecule has 0 fully saturated rings. The lowest BCUT2D eigenvalue weighted by Gasteiger charge is -2.10. The second-order valence-corrected chi connectivity index (χ2v) is 6.47. The van der Waals surface area contributed by atoms with Gasteiger partial charge in [0.1, 0.15) is 0 Å². The van der Waals surface area contributed by atoms with Gasteiger partial charge in [-0.15, -0.1) is 0 Å². The van der Waals surface area contributed by atoms with Gasteiger partial charge in [-0.3, -0.25) is 4.98 Å². The van der Waals surface area contributed by atoms with Crippen molar-refractivity contribution in [2.45, 2.75) is 18.4 Å². The molecule has 0 saturated carbocycles. The Morgan fingerprint density at radius 1 is 1.40 bits per heavy atom. The Morgan fingerprint density at radius 3 is 2.75 bits per heavy atom. The number of nitrogens with one attached hydrogen (secondary N) is 1. The van der Waals surface area contributed by atoms with E-state index in [-0.39, 0.29) is 17.1 Å². The number of halogens is 1. The van der Waals surface area contributed by atoms with Crippen molar-refractivity contribution < 1.29 is 8.42 Å². The lowest BCUT2D eigenvalue weighted by atomic mass is 10.2. The van der Waals surface area contributed by atoms with Crippen LogP contribution in [-0.2, 0) is 16.6 Å². The third-order valence-electron chi connectivity index (χ3n) is 2.76. The summed E-state index contributed by atoms with van der Waals surface area (Å²) in [5.74, 6) is 0. The lowest BCUT2D eigenvalue weighted by Crippen LogP contribution is -2.23. The number of anilines is 1. The van der Waals surface area contributed by atoms with Crippen molar-refractivity contribution in [3.05, 3.63) is 52.8 Å². The molecule has 1 heterocycles. The molecule has 0 unspecified atom stereocenters. The average Bonchev–Trinajstić information content (AvgIpc) is 2.43. The second-order valence-electron chi connectivity index (χ2n) is 4.33. The summed E-state index contributed by atoms with van der Waals surface area (Å²) >= 11 is 5.92. The molecule has 0 amide bonds. The molecule has 0 aliphatic carbocycles. The molecular weight excluding hydrogens is 298 g/mol. The number of hydrogen-bond acceptors (Lipinski definition) is 4. The Kier molecular flexibility index (Phi) is 4.27. The van der Waals surface area contributed by atoms with Crippen molar-refractivity contribution in [2.24, 2.45) is 0 Å². The summed E-state index contributed by atoms with van der Waals surface area (Å²) in [6, 6.07) is 6.37. The molecule has 0 atom stereocenters. The Balaban J connectivity index is 2.23. The summed E-state index contributed by atoms with van der Waals surface area (Å²) in [6.07, 6.45) is 3.23. The number of nitrogen functional groups attached to an aromatic ring is 1. The van der Waals surface area contributed by atoms with Gasteiger partial charge < -0.3 is 5.73 Å². The summed E-state index contributed by atoms with van der Waals surface area (Å²) in [5, 5.41) is 0.371. The zero-order valence-electron chi connectivity index (χ0n) is 10.8. The van der Waals surface area contributed by atoms with Crippen LogP contribution >= 0.6 is 11.6 Å². The van der Waals surface area contributed by atoms with Crippen LogP contribution in [0, 0.1) is 6.92 Å². The fourth-order valence-corrected chi connectivity index (χ4v) is 2.93. The van der Waals surface area contributed by atoms with Gasteiger partial charge in [-0.25, -0.2) is 13.1 Å². The first-order valence-electron chi connectivity index (χ1n) is 5.84. The summed E-state index contributed by atoms with van der Waals surface area (Å²) in [7, 11) is -3.64. The minimum Gasteiger partial charge on any atom is -0.397 e. The summed E-state index contributed by atoms with van der Waals surface area (Å²) < 4.78 is 26.9. The average molecular weight is 312 g/mol. The normalized spacial score (nSPS) is 11.5. The summed E-state index contributed by atoms with van der Waals surface area (Å²) in [4.78, 5) is 4.02. The van der Waals surface area contributed by atoms with Gasteiger partial charge in [0, 0.05) is 18.9 Å². The largest absolute Gasteiger partial charge is 0.397 e. The van der Waals surface area contributed by atoms with Gasteiger partial charge in [0.2, 0.25) is 10.0 Å². The van der Waals surface area contributed by atoms with Crippen LogP contribution in [0.15, 0.2) is 41.6 Å². The van der Waals surface area contributed by atoms with E-state index in [1.54, 1.807) is 31.5 Å². The number of nitrogens with two attached hydrogens (primary N) is 1. The molecule has 1 aromatic carbocycles. The van der Waals surface area contributed by atoms with Crippen LogP contribution < -0.4 is 10.5 Å². The molecule has 0 radical (unpaired) electrons. The molecule has 2 aromatic rings. The van der Waals surface area contributed by atoms with E-state index in [1.807, 2.05) is 0 Å². The van der Waals surface area contributed by atoms with Gasteiger partial charge in [0.05, 0.1) is 15.6 Å². The van der Waals surface area contributed by atoms with E-state index in [2.05, 4.69) is 9.71 Å². The Morgan fingerprint density at radius 2 is 2.15 bits per heavy atom. The minimum atomic E-state index is -3.64. The molecule has 2 rings (SSSR count). The number of nitrogens with zero attached hydrogens (tertiary/aromatic N) is 1. The highest BCUT2D eigenvalue weighted by molar-refractivity contribution is 7.89. The van der Waals surface area contributed by atoms with E-state index in [1.165, 1.54) is 12.1 Å². The highest BCUT2D eigenvalue weighted by Crippen LogP contribution is 2.26. The molecule has 106 valence electrons. The number of aromatic nitrogens is 1. The molecule has 0 bridgehead atoms. The van der Waals surface area contributed by atoms with Crippen molar-refractivity contribution in [3.8, 4) is 0 Å². The standard InChI is InChI=1S/C13H14ClN3O2S/c1-9-5-11(6-12(15)13(9)14)20(18,19)17-8-10-3-2-4-16-7-10/h2-7,17H,8,15H2,1H3. The molecule has 7 heteroatoms. The van der Waals surface area contributed by atoms with Gasteiger partial charge in [-0.05, 0) is 36.2 Å². The van der Waals surface area contributed by atoms with Gasteiger partial charge in [0.15, 0.2) is 0 Å². The predicted octanol–water partition coefficient (Wildman–Crippen LogP) is 2.10. The topological polar surface area (TPSA) is 85.1 Å². The number of hydrogen-bond donors (Lipinski definition) is 2. The molecule has 5 nitrogen and oxygen atoms in total. The predicted molar refractivity (Wildman–Crippen MR) is 78.9 cm³/mol. The van der Waals surface area contributed by atoms with Gasteiger partial charge in [0.25, 0.3) is 0 Å². The van der Waals surface area contributed by atoms with Crippen molar-refractivity contribution in [1.29, 1.82) is 0 Å². The molecule has 0 aliphatic heterocycles. The first kappa shape index (κ1) is 14.8. The van der Waals surface area contributed by atoms with E-state index >= 15 is 0 Å². The maximum atomic E-state index is 12.2. The smallest absolute Gasteiger partial charge is 0.240 e. The van der Waals surface area contributed by atoms with Crippen molar-refractivity contribution in [3.63, 3.8) is 0 Å². The number of rotatable bonds is 4. The maximum Gasteiger partial charge on any atom is 0.240 e. The Labute approximate surface area is 122 Å². The van der Waals surface area contributed by atoms with E-state index in [0.29, 0.717) is 10.6 Å². The molecule has 20 heavy (non-hydrogen) atoms. The van der Waals surface area contributed by atoms with E-state index < -0.39 is 10.0 Å². The van der Waals surface area contributed by atoms with Gasteiger partial charge in [-0.2, -0.15) is 0 Å². The molecular formula is C13H14ClN3O2S. The second kappa shape index (κ2) is 5.78. The van der Waals surface area contributed by atoms with Crippen LogP contribution in [0.1, 0.15) is 11.1 Å². The minimum absolute atomic E-state index is 0.0980. The van der Waals surface area contributed by atoms with Crippen molar-refractivity contribution in [2.75, 3.05) is 5.73 Å². The number of pyridine rings is 1. The van der Waals surface area contributed by atoms with Crippen LogP contribution in [0.5, 0.6) is 0 Å². The Hall–Kier alpha value is -1.63. The van der Waals surface area contributed by atoms with E-state index in [0.717, 1.165) is 5.56 Å². The summed E-state index contributed by atoms with van der Waals surface area (Å²) in [6.45, 7) is 1.87. The zero-order chi connectivity index (χ0) is 14.8. The van der Waals surface area contributed by atoms with Gasteiger partial charge >= 0.3 is 0 Å². The summed E-state index contributed by atoms with van der Waals surface area (Å²) in [5.41, 5.74) is 7.33. The SMILES string of the molecule is Cc1cc(S(=O)(=O)NCc2cccnc2)cc(N)c1Cl. The first-order chi connectivity index (χ1) is 9.40. The third kappa shape index (κ3) is 3.27. The van der Waals surface area contributed by atoms with Crippen molar-refractivity contribution in [1.82, 2.24) is 9.71 Å². The van der Waals surface area contributed by atoms with Crippen LogP contribution in [0.3, 0.4) is 0 Å². The van der Waals surface area contributed by atoms with E-state index in [9.17, 15) is 8.42 Å². The quantitative estimate of drug-likeness (QED) is 0.847. The van der Waals surface area contributed by atoms with Crippen LogP contribution in [0.25, 0.3) is 0 Å². The lowest BCUT2D eigenvalue weighted by molar-refractivity contribution is 0.581. The molecule has 0 spiro atoms. The third-order valence-corrected chi connectivity index (χ3v) is 4.65. The van der Waals surface area contributed by atoms with E-state index in [4.69, 9.17) is 17.3 Å². The van der Waals surface area contributed by atoms with Crippen LogP contribution in [0.4, 0.5) is 5.69 Å². The fraction of sp³-hybridized carbons (Fsp3) is 0.154. The molecule has 3 N–H and O–H groups in total. The van der Waals surface area contributed by atoms with Crippen LogP contribution in [0.2, 0.25) is 5.02 Å². The highest BCUT2D eigenvalue weighted by atomic mass is 35.5. The maximum absolute atomic E-state index is 12.2. The number of sulfonamides is 1. The number of aryl methyl sites for hydroxylation is 1. The monoisotopic (exact) mass is 311 g/mol. The van der Waals surface area contributed by atoms with Crippen LogP contribution in [-0.4, -0.2) is 13.4 Å². The number of benzene rings is 1. The fourth-order valence-electron chi connectivity index (χ4n) is 1.68.